The lowest BCUT2D eigenvalue weighted by Gasteiger charge is -2.16. The van der Waals surface area contributed by atoms with Crippen molar-refractivity contribution >= 4 is 51.6 Å². The first kappa shape index (κ1) is 19.0. The molecule has 2 amide bonds. The number of fused-ring (bicyclic) bond motifs is 1. The zero-order valence-electron chi connectivity index (χ0n) is 15.3. The van der Waals surface area contributed by atoms with Gasteiger partial charge in [-0.25, -0.2) is 4.90 Å². The summed E-state index contributed by atoms with van der Waals surface area (Å²) in [6, 6.07) is 10.4. The molecule has 4 rings (SSSR count). The minimum Gasteiger partial charge on any atom is -0.361 e. The topological polar surface area (TPSA) is 65.2 Å². The molecule has 0 aliphatic carbocycles. The Labute approximate surface area is 172 Å². The SMILES string of the molecule is Cc1ccc2[nH]cc(CCNC3CC(=O)N(c4cc(Cl)cc(Cl)c4)C3=O)c2c1. The maximum atomic E-state index is 12.7. The molecule has 0 saturated carbocycles. The molecule has 0 radical (unpaired) electrons. The molecule has 1 fully saturated rings. The number of aromatic amines is 1. The molecule has 144 valence electrons. The highest BCUT2D eigenvalue weighted by Crippen LogP contribution is 2.29. The summed E-state index contributed by atoms with van der Waals surface area (Å²) in [4.78, 5) is 29.6. The summed E-state index contributed by atoms with van der Waals surface area (Å²) in [7, 11) is 0. The number of aromatic nitrogens is 1. The van der Waals surface area contributed by atoms with Gasteiger partial charge in [0.2, 0.25) is 5.91 Å². The molecule has 0 bridgehead atoms. The number of carbonyl (C=O) groups is 2. The Morgan fingerprint density at radius 1 is 1.14 bits per heavy atom. The van der Waals surface area contributed by atoms with Gasteiger partial charge in [0.25, 0.3) is 5.91 Å². The number of amides is 2. The van der Waals surface area contributed by atoms with Crippen molar-refractivity contribution in [2.45, 2.75) is 25.8 Å². The number of H-pyrrole nitrogens is 1. The van der Waals surface area contributed by atoms with Crippen LogP contribution in [0.1, 0.15) is 17.5 Å². The predicted molar refractivity (Wildman–Crippen MR) is 112 cm³/mol. The Bertz CT molecular complexity index is 1060. The standard InChI is InChI=1S/C21H19Cl2N3O2/c1-12-2-3-18-17(6-12)13(11-25-18)4-5-24-19-10-20(27)26(21(19)28)16-8-14(22)7-15(23)9-16/h2-3,6-9,11,19,24-25H,4-5,10H2,1H3. The lowest BCUT2D eigenvalue weighted by Crippen LogP contribution is -2.39. The van der Waals surface area contributed by atoms with Crippen molar-refractivity contribution in [1.82, 2.24) is 10.3 Å². The van der Waals surface area contributed by atoms with E-state index in [0.717, 1.165) is 16.8 Å². The summed E-state index contributed by atoms with van der Waals surface area (Å²) >= 11 is 12.0. The monoisotopic (exact) mass is 415 g/mol. The third-order valence-electron chi connectivity index (χ3n) is 4.96. The predicted octanol–water partition coefficient (Wildman–Crippen LogP) is 4.25. The van der Waals surface area contributed by atoms with Gasteiger partial charge in [0.1, 0.15) is 0 Å². The smallest absolute Gasteiger partial charge is 0.251 e. The van der Waals surface area contributed by atoms with Gasteiger partial charge in [0.05, 0.1) is 18.2 Å². The molecule has 2 N–H and O–H groups in total. The molecule has 1 atom stereocenters. The molecule has 7 heteroatoms. The van der Waals surface area contributed by atoms with Crippen molar-refractivity contribution < 1.29 is 9.59 Å². The van der Waals surface area contributed by atoms with Crippen LogP contribution in [-0.4, -0.2) is 29.4 Å². The van der Waals surface area contributed by atoms with Crippen molar-refractivity contribution in [3.63, 3.8) is 0 Å². The molecular weight excluding hydrogens is 397 g/mol. The van der Waals surface area contributed by atoms with Gasteiger partial charge >= 0.3 is 0 Å². The largest absolute Gasteiger partial charge is 0.361 e. The lowest BCUT2D eigenvalue weighted by molar-refractivity contribution is -0.121. The number of nitrogens with one attached hydrogen (secondary N) is 2. The van der Waals surface area contributed by atoms with E-state index < -0.39 is 6.04 Å². The highest BCUT2D eigenvalue weighted by atomic mass is 35.5. The van der Waals surface area contributed by atoms with Crippen LogP contribution in [0, 0.1) is 6.92 Å². The first-order valence-electron chi connectivity index (χ1n) is 9.05. The van der Waals surface area contributed by atoms with E-state index in [2.05, 4.69) is 35.4 Å². The highest BCUT2D eigenvalue weighted by molar-refractivity contribution is 6.35. The van der Waals surface area contributed by atoms with Crippen molar-refractivity contribution in [2.75, 3.05) is 11.4 Å². The van der Waals surface area contributed by atoms with Crippen LogP contribution >= 0.6 is 23.2 Å². The number of anilines is 1. The number of aryl methyl sites for hydroxylation is 1. The van der Waals surface area contributed by atoms with Crippen molar-refractivity contribution in [2.24, 2.45) is 0 Å². The van der Waals surface area contributed by atoms with Crippen LogP contribution in [0.5, 0.6) is 0 Å². The molecule has 1 unspecified atom stereocenters. The maximum absolute atomic E-state index is 12.7. The zero-order chi connectivity index (χ0) is 19.8. The first-order chi connectivity index (χ1) is 13.4. The molecule has 2 aromatic carbocycles. The van der Waals surface area contributed by atoms with Gasteiger partial charge in [-0.2, -0.15) is 0 Å². The Morgan fingerprint density at radius 3 is 2.64 bits per heavy atom. The van der Waals surface area contributed by atoms with Gasteiger partial charge in [-0.15, -0.1) is 0 Å². The van der Waals surface area contributed by atoms with Crippen molar-refractivity contribution in [3.8, 4) is 0 Å². The molecule has 5 nitrogen and oxygen atoms in total. The van der Waals surface area contributed by atoms with E-state index in [0.29, 0.717) is 22.3 Å². The summed E-state index contributed by atoms with van der Waals surface area (Å²) in [6.45, 7) is 2.66. The Morgan fingerprint density at radius 2 is 1.89 bits per heavy atom. The van der Waals surface area contributed by atoms with Gasteiger partial charge in [-0.3, -0.25) is 9.59 Å². The Balaban J connectivity index is 1.43. The average molecular weight is 416 g/mol. The Kier molecular flexibility index (Phi) is 5.15. The highest BCUT2D eigenvalue weighted by Gasteiger charge is 2.39. The Hall–Kier alpha value is -2.34. The molecule has 3 aromatic rings. The molecule has 1 aromatic heterocycles. The number of halogens is 2. The normalized spacial score (nSPS) is 17.1. The van der Waals surface area contributed by atoms with Crippen molar-refractivity contribution in [3.05, 3.63) is 63.8 Å². The third kappa shape index (κ3) is 3.65. The van der Waals surface area contributed by atoms with Crippen molar-refractivity contribution in [1.29, 1.82) is 0 Å². The van der Waals surface area contributed by atoms with Crippen LogP contribution < -0.4 is 10.2 Å². The molecule has 1 aliphatic rings. The maximum Gasteiger partial charge on any atom is 0.251 e. The number of hydrogen-bond donors (Lipinski definition) is 2. The van der Waals surface area contributed by atoms with E-state index in [9.17, 15) is 9.59 Å². The fourth-order valence-electron chi connectivity index (χ4n) is 3.61. The van der Waals surface area contributed by atoms with Gasteiger partial charge in [-0.05, 0) is 49.2 Å². The third-order valence-corrected chi connectivity index (χ3v) is 5.40. The molecule has 28 heavy (non-hydrogen) atoms. The number of rotatable bonds is 5. The summed E-state index contributed by atoms with van der Waals surface area (Å²) in [5, 5.41) is 5.17. The van der Waals surface area contributed by atoms with E-state index in [1.165, 1.54) is 16.5 Å². The molecule has 1 saturated heterocycles. The van der Waals surface area contributed by atoms with Crippen LogP contribution in [-0.2, 0) is 16.0 Å². The van der Waals surface area contributed by atoms with Crippen LogP contribution in [0.4, 0.5) is 5.69 Å². The van der Waals surface area contributed by atoms with Crippen LogP contribution in [0.15, 0.2) is 42.6 Å². The first-order valence-corrected chi connectivity index (χ1v) is 9.81. The molecular formula is C21H19Cl2N3O2. The van der Waals surface area contributed by atoms with Gasteiger partial charge in [0, 0.05) is 33.7 Å². The zero-order valence-corrected chi connectivity index (χ0v) is 16.8. The van der Waals surface area contributed by atoms with E-state index in [4.69, 9.17) is 23.2 Å². The minimum atomic E-state index is -0.544. The fourth-order valence-corrected chi connectivity index (χ4v) is 4.13. The number of carbonyl (C=O) groups excluding carboxylic acids is 2. The van der Waals surface area contributed by atoms with E-state index in [1.807, 2.05) is 6.20 Å². The fraction of sp³-hybridized carbons (Fsp3) is 0.238. The van der Waals surface area contributed by atoms with Gasteiger partial charge in [0.15, 0.2) is 0 Å². The second kappa shape index (κ2) is 7.59. The molecule has 1 aliphatic heterocycles. The van der Waals surface area contributed by atoms with Crippen LogP contribution in [0.3, 0.4) is 0 Å². The second-order valence-electron chi connectivity index (χ2n) is 7.02. The van der Waals surface area contributed by atoms with E-state index in [1.54, 1.807) is 18.2 Å². The van der Waals surface area contributed by atoms with E-state index in [-0.39, 0.29) is 18.2 Å². The summed E-state index contributed by atoms with van der Waals surface area (Å²) in [5.74, 6) is -0.540. The van der Waals surface area contributed by atoms with E-state index >= 15 is 0 Å². The summed E-state index contributed by atoms with van der Waals surface area (Å²) in [5.41, 5.74) is 3.88. The minimum absolute atomic E-state index is 0.121. The quantitative estimate of drug-likeness (QED) is 0.612. The molecule has 0 spiro atoms. The number of imide groups is 1. The molecule has 2 heterocycles. The lowest BCUT2D eigenvalue weighted by atomic mass is 10.1. The summed E-state index contributed by atoms with van der Waals surface area (Å²) < 4.78 is 0. The summed E-state index contributed by atoms with van der Waals surface area (Å²) in [6.07, 6.45) is 2.87. The van der Waals surface area contributed by atoms with Crippen LogP contribution in [0.25, 0.3) is 10.9 Å². The second-order valence-corrected chi connectivity index (χ2v) is 7.89. The number of nitrogens with zero attached hydrogens (tertiary/aromatic N) is 1. The number of benzene rings is 2. The van der Waals surface area contributed by atoms with Crippen LogP contribution in [0.2, 0.25) is 10.0 Å². The average Bonchev–Trinajstić information content (AvgIpc) is 3.14. The van der Waals surface area contributed by atoms with Gasteiger partial charge in [-0.1, -0.05) is 34.8 Å². The van der Waals surface area contributed by atoms with Gasteiger partial charge < -0.3 is 10.3 Å². The number of hydrogen-bond acceptors (Lipinski definition) is 3.